The zero-order chi connectivity index (χ0) is 19.3. The highest BCUT2D eigenvalue weighted by atomic mass is 32.2. The van der Waals surface area contributed by atoms with Gasteiger partial charge in [-0.3, -0.25) is 4.79 Å². The van der Waals surface area contributed by atoms with Crippen molar-refractivity contribution in [1.29, 1.82) is 0 Å². The Hall–Kier alpha value is -2.46. The number of nitrogens with one attached hydrogen (secondary N) is 2. The predicted molar refractivity (Wildman–Crippen MR) is 99.7 cm³/mol. The average molecular weight is 391 g/mol. The van der Waals surface area contributed by atoms with Crippen LogP contribution in [0.2, 0.25) is 0 Å². The molecular weight excluding hydrogens is 370 g/mol. The standard InChI is InChI=1S/C18H21N3O5S/c19-7-8-26-16-4-2-15(3-5-16)21-18(22)10-20-27(23,24)17-6-1-13-11-25-12-14(13)9-17/h1-6,9,20H,7-8,10-12,19H2,(H,21,22). The first-order chi connectivity index (χ1) is 13.0. The summed E-state index contributed by atoms with van der Waals surface area (Å²) in [5, 5.41) is 2.62. The lowest BCUT2D eigenvalue weighted by atomic mass is 10.1. The van der Waals surface area contributed by atoms with E-state index in [4.69, 9.17) is 15.2 Å². The van der Waals surface area contributed by atoms with Crippen LogP contribution in [0.3, 0.4) is 0 Å². The Kier molecular flexibility index (Phi) is 6.07. The third-order valence-electron chi connectivity index (χ3n) is 3.95. The Morgan fingerprint density at radius 1 is 1.11 bits per heavy atom. The van der Waals surface area contributed by atoms with Gasteiger partial charge in [-0.05, 0) is 47.5 Å². The molecule has 0 spiro atoms. The smallest absolute Gasteiger partial charge is 0.241 e. The van der Waals surface area contributed by atoms with Crippen LogP contribution in [0.15, 0.2) is 47.4 Å². The summed E-state index contributed by atoms with van der Waals surface area (Å²) in [7, 11) is -3.78. The van der Waals surface area contributed by atoms with E-state index in [2.05, 4.69) is 10.0 Å². The fourth-order valence-electron chi connectivity index (χ4n) is 2.58. The van der Waals surface area contributed by atoms with E-state index in [1.807, 2.05) is 0 Å². The fourth-order valence-corrected chi connectivity index (χ4v) is 3.61. The number of fused-ring (bicyclic) bond motifs is 1. The van der Waals surface area contributed by atoms with Gasteiger partial charge in [0.15, 0.2) is 0 Å². The summed E-state index contributed by atoms with van der Waals surface area (Å²) in [5.41, 5.74) is 7.72. The monoisotopic (exact) mass is 391 g/mol. The molecule has 8 nitrogen and oxygen atoms in total. The summed E-state index contributed by atoms with van der Waals surface area (Å²) in [6.45, 7) is 1.32. The van der Waals surface area contributed by atoms with E-state index in [0.717, 1.165) is 11.1 Å². The quantitative estimate of drug-likeness (QED) is 0.617. The molecule has 0 radical (unpaired) electrons. The molecule has 0 aliphatic carbocycles. The summed E-state index contributed by atoms with van der Waals surface area (Å²) in [6.07, 6.45) is 0. The summed E-state index contributed by atoms with van der Waals surface area (Å²) in [5.74, 6) is 0.165. The molecule has 1 amide bonds. The van der Waals surface area contributed by atoms with Gasteiger partial charge in [-0.1, -0.05) is 6.07 Å². The highest BCUT2D eigenvalue weighted by Crippen LogP contribution is 2.23. The zero-order valence-electron chi connectivity index (χ0n) is 14.6. The molecule has 2 aromatic carbocycles. The number of hydrogen-bond donors (Lipinski definition) is 3. The van der Waals surface area contributed by atoms with E-state index in [1.165, 1.54) is 6.07 Å². The minimum Gasteiger partial charge on any atom is -0.492 e. The maximum absolute atomic E-state index is 12.4. The molecule has 0 fully saturated rings. The maximum atomic E-state index is 12.4. The molecule has 0 unspecified atom stereocenters. The van der Waals surface area contributed by atoms with Crippen LogP contribution in [0, 0.1) is 0 Å². The summed E-state index contributed by atoms with van der Waals surface area (Å²) >= 11 is 0. The van der Waals surface area contributed by atoms with Crippen LogP contribution in [-0.2, 0) is 32.8 Å². The van der Waals surface area contributed by atoms with Crippen molar-refractivity contribution < 1.29 is 22.7 Å². The molecule has 4 N–H and O–H groups in total. The van der Waals surface area contributed by atoms with Crippen LogP contribution in [-0.4, -0.2) is 34.0 Å². The van der Waals surface area contributed by atoms with Crippen molar-refractivity contribution in [1.82, 2.24) is 4.72 Å². The molecule has 0 saturated heterocycles. The highest BCUT2D eigenvalue weighted by molar-refractivity contribution is 7.89. The van der Waals surface area contributed by atoms with Crippen molar-refractivity contribution in [2.45, 2.75) is 18.1 Å². The van der Waals surface area contributed by atoms with Crippen LogP contribution in [0.4, 0.5) is 5.69 Å². The Labute approximate surface area is 157 Å². The number of carbonyl (C=O) groups excluding carboxylic acids is 1. The first kappa shape index (κ1) is 19.3. The molecule has 1 aliphatic rings. The Morgan fingerprint density at radius 3 is 2.59 bits per heavy atom. The second-order valence-corrected chi connectivity index (χ2v) is 7.72. The topological polar surface area (TPSA) is 120 Å². The molecule has 1 aliphatic heterocycles. The molecule has 9 heteroatoms. The van der Waals surface area contributed by atoms with E-state index in [-0.39, 0.29) is 11.4 Å². The Bertz CT molecular complexity index is 913. The van der Waals surface area contributed by atoms with E-state index in [9.17, 15) is 13.2 Å². The first-order valence-electron chi connectivity index (χ1n) is 8.40. The minimum atomic E-state index is -3.78. The second-order valence-electron chi connectivity index (χ2n) is 5.96. The molecule has 0 atom stereocenters. The van der Waals surface area contributed by atoms with Gasteiger partial charge < -0.3 is 20.5 Å². The van der Waals surface area contributed by atoms with Crippen molar-refractivity contribution in [3.8, 4) is 5.75 Å². The normalized spacial score (nSPS) is 13.2. The van der Waals surface area contributed by atoms with Crippen LogP contribution >= 0.6 is 0 Å². The van der Waals surface area contributed by atoms with Crippen molar-refractivity contribution in [2.75, 3.05) is 25.0 Å². The first-order valence-corrected chi connectivity index (χ1v) is 9.88. The van der Waals surface area contributed by atoms with Gasteiger partial charge in [0.05, 0.1) is 24.7 Å². The number of hydrogen-bond acceptors (Lipinski definition) is 6. The van der Waals surface area contributed by atoms with Gasteiger partial charge in [0.25, 0.3) is 0 Å². The SMILES string of the molecule is NCCOc1ccc(NC(=O)CNS(=O)(=O)c2ccc3c(c2)COC3)cc1. The molecule has 3 rings (SSSR count). The lowest BCUT2D eigenvalue weighted by Gasteiger charge is -2.10. The third kappa shape index (κ3) is 5.04. The summed E-state index contributed by atoms with van der Waals surface area (Å²) in [6, 6.07) is 11.5. The van der Waals surface area contributed by atoms with E-state index in [1.54, 1.807) is 36.4 Å². The lowest BCUT2D eigenvalue weighted by molar-refractivity contribution is -0.115. The molecule has 144 valence electrons. The second kappa shape index (κ2) is 8.49. The maximum Gasteiger partial charge on any atom is 0.241 e. The predicted octanol–water partition coefficient (Wildman–Crippen LogP) is 0.971. The highest BCUT2D eigenvalue weighted by Gasteiger charge is 2.19. The number of ether oxygens (including phenoxy) is 2. The number of benzene rings is 2. The van der Waals surface area contributed by atoms with Gasteiger partial charge in [-0.2, -0.15) is 0 Å². The number of nitrogens with two attached hydrogens (primary N) is 1. The van der Waals surface area contributed by atoms with Gasteiger partial charge in [0.2, 0.25) is 15.9 Å². The molecule has 27 heavy (non-hydrogen) atoms. The molecule has 1 heterocycles. The fraction of sp³-hybridized carbons (Fsp3) is 0.278. The number of amides is 1. The van der Waals surface area contributed by atoms with Gasteiger partial charge >= 0.3 is 0 Å². The summed E-state index contributed by atoms with van der Waals surface area (Å²) < 4.78 is 37.7. The van der Waals surface area contributed by atoms with Crippen molar-refractivity contribution in [3.05, 3.63) is 53.6 Å². The largest absolute Gasteiger partial charge is 0.492 e. The van der Waals surface area contributed by atoms with Gasteiger partial charge in [-0.25, -0.2) is 13.1 Å². The van der Waals surface area contributed by atoms with Crippen LogP contribution in [0.1, 0.15) is 11.1 Å². The average Bonchev–Trinajstić information content (AvgIpc) is 3.14. The number of carbonyl (C=O) groups is 1. The van der Waals surface area contributed by atoms with Gasteiger partial charge in [0, 0.05) is 12.2 Å². The van der Waals surface area contributed by atoms with Gasteiger partial charge in [-0.15, -0.1) is 0 Å². The zero-order valence-corrected chi connectivity index (χ0v) is 15.4. The van der Waals surface area contributed by atoms with Gasteiger partial charge in [0.1, 0.15) is 12.4 Å². The van der Waals surface area contributed by atoms with Crippen LogP contribution in [0.25, 0.3) is 0 Å². The number of anilines is 1. The molecule has 0 bridgehead atoms. The molecule has 0 saturated carbocycles. The van der Waals surface area contributed by atoms with Crippen molar-refractivity contribution in [2.24, 2.45) is 5.73 Å². The summed E-state index contributed by atoms with van der Waals surface area (Å²) in [4.78, 5) is 12.1. The number of sulfonamides is 1. The van der Waals surface area contributed by atoms with Crippen LogP contribution < -0.4 is 20.5 Å². The molecular formula is C18H21N3O5S. The molecule has 2 aromatic rings. The Morgan fingerprint density at radius 2 is 1.85 bits per heavy atom. The minimum absolute atomic E-state index is 0.112. The van der Waals surface area contributed by atoms with E-state index in [0.29, 0.717) is 37.8 Å². The van der Waals surface area contributed by atoms with Crippen LogP contribution in [0.5, 0.6) is 5.75 Å². The Balaban J connectivity index is 1.55. The third-order valence-corrected chi connectivity index (χ3v) is 5.35. The van der Waals surface area contributed by atoms with Crippen molar-refractivity contribution in [3.63, 3.8) is 0 Å². The van der Waals surface area contributed by atoms with Crippen molar-refractivity contribution >= 4 is 21.6 Å². The van der Waals surface area contributed by atoms with E-state index < -0.39 is 15.9 Å². The van der Waals surface area contributed by atoms with E-state index >= 15 is 0 Å². The lowest BCUT2D eigenvalue weighted by Crippen LogP contribution is -2.33. The number of rotatable bonds is 8. The molecule has 0 aromatic heterocycles.